The van der Waals surface area contributed by atoms with E-state index in [1.807, 2.05) is 12.1 Å². The third-order valence-electron chi connectivity index (χ3n) is 6.31. The highest BCUT2D eigenvalue weighted by atomic mass is 16.5. The van der Waals surface area contributed by atoms with Crippen LogP contribution < -0.4 is 5.32 Å². The van der Waals surface area contributed by atoms with Crippen LogP contribution in [0.25, 0.3) is 5.69 Å². The highest BCUT2D eigenvalue weighted by Gasteiger charge is 2.41. The zero-order valence-electron chi connectivity index (χ0n) is 19.0. The summed E-state index contributed by atoms with van der Waals surface area (Å²) < 4.78 is 7.91. The Hall–Kier alpha value is -3.23. The van der Waals surface area contributed by atoms with Gasteiger partial charge in [0.15, 0.2) is 5.96 Å². The summed E-state index contributed by atoms with van der Waals surface area (Å²) in [7, 11) is 0. The maximum atomic E-state index is 6.16. The van der Waals surface area contributed by atoms with Gasteiger partial charge < -0.3 is 15.0 Å². The molecule has 1 N–H and O–H groups in total. The standard InChI is InChI=1S/C25H31N7O/c1-2-27-25(28-14-20-8-10-22(11-9-20)32-19-26-18-29-32)31-16-23-24(17-31)33-13-12-30(23)15-21-6-4-3-5-7-21/h3-11,18-19,23-24H,2,12-17H2,1H3,(H,27,28). The Balaban J connectivity index is 1.26. The summed E-state index contributed by atoms with van der Waals surface area (Å²) in [4.78, 5) is 13.9. The average Bonchev–Trinajstić information content (AvgIpc) is 3.54. The van der Waals surface area contributed by atoms with Gasteiger partial charge in [0.05, 0.1) is 31.0 Å². The van der Waals surface area contributed by atoms with Crippen molar-refractivity contribution in [2.24, 2.45) is 4.99 Å². The molecule has 0 bridgehead atoms. The summed E-state index contributed by atoms with van der Waals surface area (Å²) >= 11 is 0. The van der Waals surface area contributed by atoms with Crippen LogP contribution >= 0.6 is 0 Å². The van der Waals surface area contributed by atoms with Gasteiger partial charge in [0.2, 0.25) is 0 Å². The molecular weight excluding hydrogens is 414 g/mol. The Morgan fingerprint density at radius 2 is 1.94 bits per heavy atom. The molecule has 0 amide bonds. The van der Waals surface area contributed by atoms with Crippen LogP contribution in [0.2, 0.25) is 0 Å². The molecule has 3 heterocycles. The molecule has 8 heteroatoms. The monoisotopic (exact) mass is 445 g/mol. The van der Waals surface area contributed by atoms with Gasteiger partial charge in [-0.25, -0.2) is 14.7 Å². The largest absolute Gasteiger partial charge is 0.373 e. The second-order valence-electron chi connectivity index (χ2n) is 8.51. The fourth-order valence-corrected chi connectivity index (χ4v) is 4.63. The number of benzene rings is 2. The molecule has 2 saturated heterocycles. The number of aromatic nitrogens is 3. The number of aliphatic imine (C=N–C) groups is 1. The van der Waals surface area contributed by atoms with Crippen LogP contribution in [0.1, 0.15) is 18.1 Å². The molecule has 0 spiro atoms. The lowest BCUT2D eigenvalue weighted by atomic mass is 10.1. The first-order valence-corrected chi connectivity index (χ1v) is 11.7. The van der Waals surface area contributed by atoms with E-state index in [0.717, 1.165) is 56.5 Å². The smallest absolute Gasteiger partial charge is 0.194 e. The maximum absolute atomic E-state index is 6.16. The number of hydrogen-bond donors (Lipinski definition) is 1. The van der Waals surface area contributed by atoms with Crippen molar-refractivity contribution in [3.8, 4) is 5.69 Å². The quantitative estimate of drug-likeness (QED) is 0.464. The minimum Gasteiger partial charge on any atom is -0.373 e. The molecule has 172 valence electrons. The molecular formula is C25H31N7O. The SMILES string of the molecule is CCNC(=NCc1ccc(-n2cncn2)cc1)N1CC2OCCN(Cc3ccccc3)C2C1. The topological polar surface area (TPSA) is 70.8 Å². The van der Waals surface area contributed by atoms with Crippen molar-refractivity contribution in [1.29, 1.82) is 0 Å². The van der Waals surface area contributed by atoms with Crippen LogP contribution in [-0.2, 0) is 17.8 Å². The molecule has 2 fully saturated rings. The van der Waals surface area contributed by atoms with Crippen molar-refractivity contribution in [2.75, 3.05) is 32.8 Å². The first-order chi connectivity index (χ1) is 16.3. The second-order valence-corrected chi connectivity index (χ2v) is 8.51. The maximum Gasteiger partial charge on any atom is 0.194 e. The molecule has 2 aliphatic heterocycles. The van der Waals surface area contributed by atoms with E-state index < -0.39 is 0 Å². The molecule has 33 heavy (non-hydrogen) atoms. The van der Waals surface area contributed by atoms with Crippen molar-refractivity contribution in [1.82, 2.24) is 29.9 Å². The van der Waals surface area contributed by atoms with Gasteiger partial charge in [-0.15, -0.1) is 0 Å². The fourth-order valence-electron chi connectivity index (χ4n) is 4.63. The Labute approximate surface area is 194 Å². The number of likely N-dealkylation sites (tertiary alicyclic amines) is 1. The molecule has 2 aromatic carbocycles. The van der Waals surface area contributed by atoms with Gasteiger partial charge >= 0.3 is 0 Å². The minimum absolute atomic E-state index is 0.216. The van der Waals surface area contributed by atoms with Gasteiger partial charge in [-0.1, -0.05) is 42.5 Å². The lowest BCUT2D eigenvalue weighted by molar-refractivity contribution is -0.0502. The van der Waals surface area contributed by atoms with E-state index in [2.05, 4.69) is 74.6 Å². The van der Waals surface area contributed by atoms with Crippen molar-refractivity contribution >= 4 is 5.96 Å². The number of morpholine rings is 1. The second kappa shape index (κ2) is 10.1. The van der Waals surface area contributed by atoms with E-state index in [-0.39, 0.29) is 6.10 Å². The molecule has 3 aromatic rings. The van der Waals surface area contributed by atoms with Gasteiger partial charge in [-0.3, -0.25) is 4.90 Å². The lowest BCUT2D eigenvalue weighted by Crippen LogP contribution is -2.50. The number of hydrogen-bond acceptors (Lipinski definition) is 5. The van der Waals surface area contributed by atoms with Crippen molar-refractivity contribution in [3.05, 3.63) is 78.4 Å². The number of fused-ring (bicyclic) bond motifs is 1. The summed E-state index contributed by atoms with van der Waals surface area (Å²) in [6, 6.07) is 19.4. The number of nitrogens with zero attached hydrogens (tertiary/aromatic N) is 6. The Bertz CT molecular complexity index is 1040. The molecule has 8 nitrogen and oxygen atoms in total. The van der Waals surface area contributed by atoms with E-state index >= 15 is 0 Å². The Morgan fingerprint density at radius 3 is 2.70 bits per heavy atom. The molecule has 5 rings (SSSR count). The molecule has 0 saturated carbocycles. The molecule has 0 aliphatic carbocycles. The molecule has 0 radical (unpaired) electrons. The van der Waals surface area contributed by atoms with Crippen LogP contribution in [0.5, 0.6) is 0 Å². The van der Waals surface area contributed by atoms with E-state index in [4.69, 9.17) is 9.73 Å². The van der Waals surface area contributed by atoms with Crippen molar-refractivity contribution in [3.63, 3.8) is 0 Å². The minimum atomic E-state index is 0.216. The van der Waals surface area contributed by atoms with E-state index in [0.29, 0.717) is 12.6 Å². The molecule has 1 aromatic heterocycles. The van der Waals surface area contributed by atoms with Crippen molar-refractivity contribution < 1.29 is 4.74 Å². The van der Waals surface area contributed by atoms with Crippen LogP contribution in [-0.4, -0.2) is 75.5 Å². The van der Waals surface area contributed by atoms with E-state index in [1.165, 1.54) is 5.56 Å². The third kappa shape index (κ3) is 5.07. The first-order valence-electron chi connectivity index (χ1n) is 11.7. The summed E-state index contributed by atoms with van der Waals surface area (Å²) in [6.07, 6.45) is 3.46. The zero-order chi connectivity index (χ0) is 22.5. The summed E-state index contributed by atoms with van der Waals surface area (Å²) in [6.45, 7) is 8.09. The van der Waals surface area contributed by atoms with Gasteiger partial charge in [0.25, 0.3) is 0 Å². The van der Waals surface area contributed by atoms with Crippen LogP contribution in [0.4, 0.5) is 0 Å². The number of guanidine groups is 1. The van der Waals surface area contributed by atoms with E-state index in [9.17, 15) is 0 Å². The third-order valence-corrected chi connectivity index (χ3v) is 6.31. The predicted octanol–water partition coefficient (Wildman–Crippen LogP) is 2.32. The Kier molecular flexibility index (Phi) is 6.64. The van der Waals surface area contributed by atoms with Crippen LogP contribution in [0.15, 0.2) is 72.2 Å². The lowest BCUT2D eigenvalue weighted by Gasteiger charge is -2.36. The average molecular weight is 446 g/mol. The highest BCUT2D eigenvalue weighted by Crippen LogP contribution is 2.25. The van der Waals surface area contributed by atoms with Crippen molar-refractivity contribution in [2.45, 2.75) is 32.2 Å². The molecule has 2 atom stereocenters. The Morgan fingerprint density at radius 1 is 1.09 bits per heavy atom. The first kappa shape index (κ1) is 21.6. The van der Waals surface area contributed by atoms with Gasteiger partial charge in [-0.05, 0) is 30.2 Å². The van der Waals surface area contributed by atoms with Gasteiger partial charge in [-0.2, -0.15) is 5.10 Å². The molecule has 2 unspecified atom stereocenters. The fraction of sp³-hybridized carbons (Fsp3) is 0.400. The zero-order valence-corrected chi connectivity index (χ0v) is 19.0. The van der Waals surface area contributed by atoms with E-state index in [1.54, 1.807) is 17.3 Å². The summed E-state index contributed by atoms with van der Waals surface area (Å²) in [5, 5.41) is 7.66. The summed E-state index contributed by atoms with van der Waals surface area (Å²) in [5.41, 5.74) is 3.51. The predicted molar refractivity (Wildman–Crippen MR) is 128 cm³/mol. The van der Waals surface area contributed by atoms with Gasteiger partial charge in [0, 0.05) is 32.7 Å². The number of rotatable bonds is 6. The highest BCUT2D eigenvalue weighted by molar-refractivity contribution is 5.80. The normalized spacial score (nSPS) is 21.2. The number of ether oxygens (including phenoxy) is 1. The van der Waals surface area contributed by atoms with Crippen LogP contribution in [0.3, 0.4) is 0 Å². The van der Waals surface area contributed by atoms with Gasteiger partial charge in [0.1, 0.15) is 12.7 Å². The van der Waals surface area contributed by atoms with Crippen LogP contribution in [0, 0.1) is 0 Å². The number of nitrogens with one attached hydrogen (secondary N) is 1. The summed E-state index contributed by atoms with van der Waals surface area (Å²) in [5.74, 6) is 0.954. The molecule has 2 aliphatic rings.